The summed E-state index contributed by atoms with van der Waals surface area (Å²) in [7, 11) is 0. The van der Waals surface area contributed by atoms with E-state index in [4.69, 9.17) is 9.26 Å². The normalized spacial score (nSPS) is 11.6. The van der Waals surface area contributed by atoms with Gasteiger partial charge in [0, 0.05) is 28.3 Å². The van der Waals surface area contributed by atoms with Gasteiger partial charge in [-0.2, -0.15) is 4.98 Å². The Hall–Kier alpha value is -4.78. The van der Waals surface area contributed by atoms with Crippen LogP contribution in [-0.4, -0.2) is 31.3 Å². The summed E-state index contributed by atoms with van der Waals surface area (Å²) in [5, 5.41) is 5.20. The predicted octanol–water partition coefficient (Wildman–Crippen LogP) is 6.58. The van der Waals surface area contributed by atoms with Crippen LogP contribution in [0.3, 0.4) is 0 Å². The number of aromatic nitrogens is 5. The van der Waals surface area contributed by atoms with Gasteiger partial charge < -0.3 is 9.26 Å². The van der Waals surface area contributed by atoms with Crippen molar-refractivity contribution in [3.63, 3.8) is 0 Å². The van der Waals surface area contributed by atoms with E-state index in [0.717, 1.165) is 45.2 Å². The number of ether oxygens (including phenoxy) is 1. The van der Waals surface area contributed by atoms with Crippen molar-refractivity contribution >= 4 is 34.1 Å². The van der Waals surface area contributed by atoms with Gasteiger partial charge in [-0.25, -0.2) is 9.97 Å². The first-order valence-electron chi connectivity index (χ1n) is 11.9. The number of fused-ring (bicyclic) bond motifs is 2. The van der Waals surface area contributed by atoms with Crippen molar-refractivity contribution in [1.82, 2.24) is 24.7 Å². The molecule has 0 fully saturated rings. The Kier molecular flexibility index (Phi) is 5.71. The highest BCUT2D eigenvalue weighted by Gasteiger charge is 2.10. The molecule has 0 amide bonds. The molecule has 176 valence electrons. The van der Waals surface area contributed by atoms with Crippen LogP contribution in [0.4, 0.5) is 0 Å². The second-order valence-electron chi connectivity index (χ2n) is 8.36. The van der Waals surface area contributed by atoms with E-state index in [9.17, 15) is 0 Å². The first kappa shape index (κ1) is 21.7. The van der Waals surface area contributed by atoms with Gasteiger partial charge in [0.05, 0.1) is 23.2 Å². The second-order valence-corrected chi connectivity index (χ2v) is 8.36. The highest BCUT2D eigenvalue weighted by Crippen LogP contribution is 2.26. The van der Waals surface area contributed by atoms with Gasteiger partial charge in [0.15, 0.2) is 0 Å². The second kappa shape index (κ2) is 9.46. The molecule has 6 rings (SSSR count). The summed E-state index contributed by atoms with van der Waals surface area (Å²) < 4.78 is 13.4. The predicted molar refractivity (Wildman–Crippen MR) is 141 cm³/mol. The van der Waals surface area contributed by atoms with E-state index in [1.807, 2.05) is 79.1 Å². The van der Waals surface area contributed by atoms with Gasteiger partial charge in [-0.05, 0) is 61.0 Å². The average molecular weight is 474 g/mol. The molecule has 36 heavy (non-hydrogen) atoms. The maximum absolute atomic E-state index is 5.89. The van der Waals surface area contributed by atoms with Crippen molar-refractivity contribution in [2.75, 3.05) is 6.61 Å². The van der Waals surface area contributed by atoms with Crippen LogP contribution in [0.1, 0.15) is 24.8 Å². The quantitative estimate of drug-likeness (QED) is 0.260. The van der Waals surface area contributed by atoms with E-state index in [1.54, 1.807) is 6.08 Å². The maximum Gasteiger partial charge on any atom is 0.250 e. The van der Waals surface area contributed by atoms with E-state index in [1.165, 1.54) is 0 Å². The fraction of sp³-hybridized carbons (Fsp3) is 0.103. The number of pyridine rings is 1. The van der Waals surface area contributed by atoms with Gasteiger partial charge in [-0.15, -0.1) is 0 Å². The number of hydrogen-bond donors (Lipinski definition) is 0. The molecule has 6 aromatic rings. The van der Waals surface area contributed by atoms with Gasteiger partial charge in [0.25, 0.3) is 5.89 Å². The number of hydrogen-bond acceptors (Lipinski definition) is 6. The van der Waals surface area contributed by atoms with Crippen molar-refractivity contribution in [1.29, 1.82) is 0 Å². The molecule has 0 saturated carbocycles. The van der Waals surface area contributed by atoms with E-state index < -0.39 is 0 Å². The lowest BCUT2D eigenvalue weighted by molar-refractivity contribution is 0.306. The van der Waals surface area contributed by atoms with Crippen molar-refractivity contribution in [3.8, 4) is 23.0 Å². The molecule has 0 radical (unpaired) electrons. The Morgan fingerprint density at radius 3 is 2.56 bits per heavy atom. The standard InChI is InChI=1S/C29H23N5O2/c1-2-17-35-29-22(18-21-7-3-4-8-24(21)31-29)13-16-27-32-28(33-36-27)20-11-14-23(15-12-20)34-19-30-25-9-5-6-10-26(25)34/h3-16,18-19H,2,17H2,1H3/b16-13+. The monoisotopic (exact) mass is 473 g/mol. The van der Waals surface area contributed by atoms with Gasteiger partial charge in [-0.3, -0.25) is 4.57 Å². The van der Waals surface area contributed by atoms with Crippen LogP contribution < -0.4 is 4.74 Å². The van der Waals surface area contributed by atoms with E-state index in [-0.39, 0.29) is 0 Å². The highest BCUT2D eigenvalue weighted by molar-refractivity contribution is 5.84. The molecule has 3 aromatic carbocycles. The van der Waals surface area contributed by atoms with Crippen LogP contribution in [0.2, 0.25) is 0 Å². The van der Waals surface area contributed by atoms with Gasteiger partial charge in [0.1, 0.15) is 6.33 Å². The zero-order valence-corrected chi connectivity index (χ0v) is 19.7. The Balaban J connectivity index is 1.25. The lowest BCUT2D eigenvalue weighted by Crippen LogP contribution is -1.99. The van der Waals surface area contributed by atoms with Crippen molar-refractivity contribution in [2.45, 2.75) is 13.3 Å². The van der Waals surface area contributed by atoms with Crippen LogP contribution in [0.25, 0.3) is 51.2 Å². The Morgan fingerprint density at radius 1 is 0.889 bits per heavy atom. The SMILES string of the molecule is CCCOc1nc2ccccc2cc1/C=C/c1nc(-c2ccc(-n3cnc4ccccc43)cc2)no1. The first-order valence-corrected chi connectivity index (χ1v) is 11.9. The molecule has 7 nitrogen and oxygen atoms in total. The topological polar surface area (TPSA) is 78.9 Å². The molecule has 0 aliphatic heterocycles. The van der Waals surface area contributed by atoms with Crippen LogP contribution in [0.5, 0.6) is 5.88 Å². The zero-order valence-electron chi connectivity index (χ0n) is 19.7. The summed E-state index contributed by atoms with van der Waals surface area (Å²) in [6, 6.07) is 26.1. The lowest BCUT2D eigenvalue weighted by Gasteiger charge is -2.08. The van der Waals surface area contributed by atoms with Crippen LogP contribution in [0.15, 0.2) is 89.7 Å². The number of benzene rings is 3. The minimum absolute atomic E-state index is 0.407. The Morgan fingerprint density at radius 2 is 1.69 bits per heavy atom. The molecule has 0 bridgehead atoms. The molecule has 0 N–H and O–H groups in total. The van der Waals surface area contributed by atoms with E-state index in [2.05, 4.69) is 43.7 Å². The number of nitrogens with zero attached hydrogens (tertiary/aromatic N) is 5. The third-order valence-corrected chi connectivity index (χ3v) is 5.86. The van der Waals surface area contributed by atoms with Gasteiger partial charge in [0.2, 0.25) is 11.7 Å². The molecule has 0 atom stereocenters. The summed E-state index contributed by atoms with van der Waals surface area (Å²) in [6.07, 6.45) is 6.42. The molecular weight excluding hydrogens is 450 g/mol. The zero-order chi connectivity index (χ0) is 24.3. The van der Waals surface area contributed by atoms with Gasteiger partial charge >= 0.3 is 0 Å². The van der Waals surface area contributed by atoms with Crippen molar-refractivity contribution in [2.24, 2.45) is 0 Å². The van der Waals surface area contributed by atoms with Gasteiger partial charge in [-0.1, -0.05) is 42.4 Å². The van der Waals surface area contributed by atoms with E-state index in [0.29, 0.717) is 24.2 Å². The summed E-state index contributed by atoms with van der Waals surface area (Å²) in [5.41, 5.74) is 5.65. The average Bonchev–Trinajstić information content (AvgIpc) is 3.58. The van der Waals surface area contributed by atoms with Crippen molar-refractivity contribution < 1.29 is 9.26 Å². The molecule has 0 aliphatic carbocycles. The fourth-order valence-corrected chi connectivity index (χ4v) is 4.07. The molecule has 0 unspecified atom stereocenters. The fourth-order valence-electron chi connectivity index (χ4n) is 4.07. The highest BCUT2D eigenvalue weighted by atomic mass is 16.5. The van der Waals surface area contributed by atoms with Crippen LogP contribution >= 0.6 is 0 Å². The summed E-state index contributed by atoms with van der Waals surface area (Å²) >= 11 is 0. The third-order valence-electron chi connectivity index (χ3n) is 5.86. The Labute approximate surface area is 207 Å². The molecule has 0 aliphatic rings. The first-order chi connectivity index (χ1) is 17.8. The minimum Gasteiger partial charge on any atom is -0.477 e. The molecule has 0 spiro atoms. The lowest BCUT2D eigenvalue weighted by atomic mass is 10.1. The largest absolute Gasteiger partial charge is 0.477 e. The third kappa shape index (κ3) is 4.22. The maximum atomic E-state index is 5.89. The number of para-hydroxylation sites is 3. The van der Waals surface area contributed by atoms with E-state index >= 15 is 0 Å². The van der Waals surface area contributed by atoms with Crippen molar-refractivity contribution in [3.05, 3.63) is 96.6 Å². The molecule has 3 heterocycles. The summed E-state index contributed by atoms with van der Waals surface area (Å²) in [6.45, 7) is 2.67. The van der Waals surface area contributed by atoms with Crippen LogP contribution in [-0.2, 0) is 0 Å². The molecule has 3 aromatic heterocycles. The number of rotatable bonds is 7. The molecule has 7 heteroatoms. The Bertz CT molecular complexity index is 1680. The minimum atomic E-state index is 0.407. The van der Waals surface area contributed by atoms with Crippen LogP contribution in [0, 0.1) is 0 Å². The summed E-state index contributed by atoms with van der Waals surface area (Å²) in [5.74, 6) is 1.52. The smallest absolute Gasteiger partial charge is 0.250 e. The molecule has 0 saturated heterocycles. The number of imidazole rings is 1. The summed E-state index contributed by atoms with van der Waals surface area (Å²) in [4.78, 5) is 13.7. The molecular formula is C29H23N5O2.